The van der Waals surface area contributed by atoms with E-state index in [2.05, 4.69) is 34.7 Å². The van der Waals surface area contributed by atoms with E-state index in [-0.39, 0.29) is 30.1 Å². The summed E-state index contributed by atoms with van der Waals surface area (Å²) in [6, 6.07) is 16.2. The van der Waals surface area contributed by atoms with E-state index in [0.29, 0.717) is 42.1 Å². The Bertz CT molecular complexity index is 1350. The molecule has 0 bridgehead atoms. The summed E-state index contributed by atoms with van der Waals surface area (Å²) in [5.74, 6) is -0.00185. The van der Waals surface area contributed by atoms with Gasteiger partial charge in [-0.3, -0.25) is 14.4 Å². The zero-order valence-electron chi connectivity index (χ0n) is 26.7. The highest BCUT2D eigenvalue weighted by Gasteiger charge is 2.50. The summed E-state index contributed by atoms with van der Waals surface area (Å²) in [7, 11) is -0.610. The highest BCUT2D eigenvalue weighted by molar-refractivity contribution is 8.32. The first kappa shape index (κ1) is 33.5. The number of rotatable bonds is 17. The summed E-state index contributed by atoms with van der Waals surface area (Å²) < 4.78 is 5.77. The molecule has 0 aliphatic heterocycles. The van der Waals surface area contributed by atoms with Crippen LogP contribution >= 0.6 is 10.0 Å². The standard InChI is InChI=1S/C35H48N4O4S/c1-23(36)31(24(2)38-22-43-19-20-44(3,4)5)26-15-17-29(18-16-26)39-35(42)33(32(27-11-12-27)28-13-14-28)34(41)37-21-30(40)25-9-7-6-8-10-25/h6-10,15-18,27-28,32-33,36,38H,11-14,19-22H2,1-5H3,(H,37,41)(H,39,42)/b31-24+,36-23?. The van der Waals surface area contributed by atoms with Gasteiger partial charge in [-0.05, 0) is 93.7 Å². The molecule has 9 heteroatoms. The van der Waals surface area contributed by atoms with Crippen LogP contribution in [0.4, 0.5) is 5.69 Å². The predicted octanol–water partition coefficient (Wildman–Crippen LogP) is 5.70. The first-order chi connectivity index (χ1) is 20.9. The maximum absolute atomic E-state index is 13.7. The zero-order chi connectivity index (χ0) is 31.9. The highest BCUT2D eigenvalue weighted by atomic mass is 32.3. The molecule has 2 aliphatic carbocycles. The second-order valence-electron chi connectivity index (χ2n) is 13.0. The summed E-state index contributed by atoms with van der Waals surface area (Å²) in [4.78, 5) is 39.9. The van der Waals surface area contributed by atoms with Gasteiger partial charge in [0.25, 0.3) is 0 Å². The van der Waals surface area contributed by atoms with Crippen LogP contribution in [0.25, 0.3) is 5.57 Å². The van der Waals surface area contributed by atoms with Gasteiger partial charge in [0.2, 0.25) is 11.8 Å². The normalized spacial score (nSPS) is 16.5. The first-order valence-electron chi connectivity index (χ1n) is 15.5. The number of anilines is 1. The molecule has 1 atom stereocenters. The van der Waals surface area contributed by atoms with Gasteiger partial charge in [-0.15, -0.1) is 0 Å². The summed E-state index contributed by atoms with van der Waals surface area (Å²) in [5.41, 5.74) is 4.00. The van der Waals surface area contributed by atoms with Crippen molar-refractivity contribution in [1.29, 1.82) is 5.41 Å². The number of hydrogen-bond acceptors (Lipinski definition) is 6. The molecule has 0 aromatic heterocycles. The summed E-state index contributed by atoms with van der Waals surface area (Å²) in [6.45, 7) is 4.61. The molecule has 4 N–H and O–H groups in total. The van der Waals surface area contributed by atoms with E-state index in [1.54, 1.807) is 31.2 Å². The average Bonchev–Trinajstić information content (AvgIpc) is 3.90. The Morgan fingerprint density at radius 1 is 0.864 bits per heavy atom. The molecule has 0 heterocycles. The van der Waals surface area contributed by atoms with Crippen LogP contribution in [0, 0.1) is 29.1 Å². The van der Waals surface area contributed by atoms with E-state index >= 15 is 0 Å². The van der Waals surface area contributed by atoms with Crippen molar-refractivity contribution in [2.24, 2.45) is 23.7 Å². The molecule has 0 spiro atoms. The average molecular weight is 621 g/mol. The van der Waals surface area contributed by atoms with E-state index in [9.17, 15) is 14.4 Å². The lowest BCUT2D eigenvalue weighted by Gasteiger charge is -2.26. The maximum atomic E-state index is 13.7. The lowest BCUT2D eigenvalue weighted by Crippen LogP contribution is -2.45. The topological polar surface area (TPSA) is 120 Å². The molecule has 4 rings (SSSR count). The van der Waals surface area contributed by atoms with Crippen LogP contribution in [0.5, 0.6) is 0 Å². The lowest BCUT2D eigenvalue weighted by atomic mass is 9.82. The number of allylic oxidation sites excluding steroid dienone is 2. The molecule has 0 saturated heterocycles. The number of ether oxygens (including phenoxy) is 1. The Kier molecular flexibility index (Phi) is 11.4. The minimum absolute atomic E-state index is 0.0167. The Morgan fingerprint density at radius 2 is 1.48 bits per heavy atom. The number of Topliss-reactive ketones (excluding diaryl/α,β-unsaturated/α-hetero) is 1. The molecular weight excluding hydrogens is 572 g/mol. The highest BCUT2D eigenvalue weighted by Crippen LogP contribution is 2.52. The summed E-state index contributed by atoms with van der Waals surface area (Å²) in [6.07, 6.45) is 10.9. The van der Waals surface area contributed by atoms with Crippen LogP contribution in [0.2, 0.25) is 0 Å². The van der Waals surface area contributed by atoms with Crippen molar-refractivity contribution in [2.75, 3.05) is 49.7 Å². The molecule has 2 fully saturated rings. The van der Waals surface area contributed by atoms with Crippen LogP contribution in [0.3, 0.4) is 0 Å². The minimum atomic E-state index is -0.858. The molecular formula is C35H48N4O4S. The van der Waals surface area contributed by atoms with E-state index in [0.717, 1.165) is 48.3 Å². The van der Waals surface area contributed by atoms with Gasteiger partial charge in [0.1, 0.15) is 12.6 Å². The van der Waals surface area contributed by atoms with Gasteiger partial charge in [0, 0.05) is 34.0 Å². The quantitative estimate of drug-likeness (QED) is 0.0594. The third-order valence-corrected chi connectivity index (χ3v) is 9.66. The number of carbonyl (C=O) groups is 3. The Labute approximate surface area is 263 Å². The van der Waals surface area contributed by atoms with Crippen LogP contribution in [-0.2, 0) is 14.3 Å². The number of carbonyl (C=O) groups excluding carboxylic acids is 3. The SMILES string of the molecule is CC(=N)/C(=C(/C)NCOCCS(C)(C)C)c1ccc(NC(=O)C(C(=O)NCC(=O)c2ccccc2)C(C2CC2)C2CC2)cc1. The lowest BCUT2D eigenvalue weighted by molar-refractivity contribution is -0.135. The maximum Gasteiger partial charge on any atom is 0.237 e. The molecule has 2 aliphatic rings. The summed E-state index contributed by atoms with van der Waals surface area (Å²) in [5, 5.41) is 17.4. The van der Waals surface area contributed by atoms with Crippen molar-refractivity contribution in [3.63, 3.8) is 0 Å². The number of benzene rings is 2. The van der Waals surface area contributed by atoms with Gasteiger partial charge in [-0.1, -0.05) is 42.5 Å². The zero-order valence-corrected chi connectivity index (χ0v) is 27.5. The van der Waals surface area contributed by atoms with E-state index < -0.39 is 15.9 Å². The van der Waals surface area contributed by atoms with Crippen molar-refractivity contribution >= 4 is 44.6 Å². The monoisotopic (exact) mass is 620 g/mol. The fraction of sp³-hybridized carbons (Fsp3) is 0.486. The Hall–Kier alpha value is -3.43. The predicted molar refractivity (Wildman–Crippen MR) is 181 cm³/mol. The largest absolute Gasteiger partial charge is 0.366 e. The first-order valence-corrected chi connectivity index (χ1v) is 18.5. The van der Waals surface area contributed by atoms with Crippen molar-refractivity contribution < 1.29 is 19.1 Å². The molecule has 44 heavy (non-hydrogen) atoms. The summed E-state index contributed by atoms with van der Waals surface area (Å²) >= 11 is 0. The third-order valence-electron chi connectivity index (χ3n) is 8.27. The Morgan fingerprint density at radius 3 is 2.02 bits per heavy atom. The molecule has 8 nitrogen and oxygen atoms in total. The van der Waals surface area contributed by atoms with Crippen LogP contribution < -0.4 is 16.0 Å². The van der Waals surface area contributed by atoms with Crippen molar-refractivity contribution in [1.82, 2.24) is 10.6 Å². The molecule has 238 valence electrons. The fourth-order valence-electron chi connectivity index (χ4n) is 5.65. The third kappa shape index (κ3) is 9.79. The van der Waals surface area contributed by atoms with Crippen LogP contribution in [-0.4, -0.2) is 67.7 Å². The molecule has 2 saturated carbocycles. The smallest absolute Gasteiger partial charge is 0.237 e. The molecule has 2 aromatic carbocycles. The second-order valence-corrected chi connectivity index (χ2v) is 17.5. The van der Waals surface area contributed by atoms with Gasteiger partial charge in [0.05, 0.1) is 13.2 Å². The van der Waals surface area contributed by atoms with Crippen LogP contribution in [0.15, 0.2) is 60.3 Å². The van der Waals surface area contributed by atoms with Crippen molar-refractivity contribution in [2.45, 2.75) is 39.5 Å². The van der Waals surface area contributed by atoms with E-state index in [1.165, 1.54) is 0 Å². The molecule has 0 radical (unpaired) electrons. The van der Waals surface area contributed by atoms with Gasteiger partial charge in [-0.25, -0.2) is 10.0 Å². The van der Waals surface area contributed by atoms with Gasteiger partial charge in [0.15, 0.2) is 5.78 Å². The van der Waals surface area contributed by atoms with Gasteiger partial charge in [-0.2, -0.15) is 0 Å². The van der Waals surface area contributed by atoms with Crippen molar-refractivity contribution in [3.8, 4) is 0 Å². The minimum Gasteiger partial charge on any atom is -0.366 e. The van der Waals surface area contributed by atoms with Crippen LogP contribution in [0.1, 0.15) is 55.5 Å². The molecule has 2 aromatic rings. The van der Waals surface area contributed by atoms with Gasteiger partial charge >= 0.3 is 0 Å². The Balaban J connectivity index is 1.42. The fourth-order valence-corrected chi connectivity index (χ4v) is 6.26. The van der Waals surface area contributed by atoms with E-state index in [4.69, 9.17) is 10.1 Å². The van der Waals surface area contributed by atoms with Gasteiger partial charge < -0.3 is 26.1 Å². The number of nitrogens with one attached hydrogen (secondary N) is 4. The molecule has 2 amide bonds. The number of hydrogen-bond donors (Lipinski definition) is 4. The van der Waals surface area contributed by atoms with Crippen molar-refractivity contribution in [3.05, 3.63) is 71.4 Å². The molecule has 1 unspecified atom stereocenters. The number of ketones is 1. The second kappa shape index (κ2) is 15.0. The van der Waals surface area contributed by atoms with E-state index in [1.807, 2.05) is 37.3 Å². The number of amides is 2.